The molecule has 20 heavy (non-hydrogen) atoms. The van der Waals surface area contributed by atoms with Crippen molar-refractivity contribution in [2.45, 2.75) is 32.9 Å². The topological polar surface area (TPSA) is 25.2 Å². The van der Waals surface area contributed by atoms with Crippen molar-refractivity contribution in [1.29, 1.82) is 0 Å². The maximum atomic E-state index is 5.99. The van der Waals surface area contributed by atoms with E-state index in [0.717, 1.165) is 30.0 Å². The number of rotatable bonds is 5. The van der Waals surface area contributed by atoms with Crippen LogP contribution >= 0.6 is 35.6 Å². The zero-order chi connectivity index (χ0) is 13.8. The lowest BCUT2D eigenvalue weighted by molar-refractivity contribution is 0.457. The Morgan fingerprint density at radius 1 is 1.15 bits per heavy atom. The van der Waals surface area contributed by atoms with Crippen LogP contribution < -0.4 is 5.32 Å². The van der Waals surface area contributed by atoms with Gasteiger partial charge in [0.25, 0.3) is 0 Å². The minimum atomic E-state index is 0. The second-order valence-corrected chi connectivity index (χ2v) is 5.49. The Kier molecular flexibility index (Phi) is 6.90. The molecule has 1 N–H and O–H groups in total. The van der Waals surface area contributed by atoms with Crippen LogP contribution in [0.3, 0.4) is 0 Å². The molecular weight excluding hydrogens is 317 g/mol. The van der Waals surface area contributed by atoms with E-state index in [1.165, 1.54) is 0 Å². The molecule has 0 aliphatic heterocycles. The van der Waals surface area contributed by atoms with E-state index >= 15 is 0 Å². The lowest BCUT2D eigenvalue weighted by Crippen LogP contribution is -2.24. The smallest absolute Gasteiger partial charge is 0.134 e. The molecule has 0 aliphatic rings. The molecule has 110 valence electrons. The summed E-state index contributed by atoms with van der Waals surface area (Å²) >= 11 is 12.0. The Morgan fingerprint density at radius 3 is 2.40 bits per heavy atom. The third kappa shape index (κ3) is 4.71. The number of nitrogens with one attached hydrogen (secondary N) is 1. The van der Waals surface area contributed by atoms with E-state index in [-0.39, 0.29) is 12.4 Å². The number of hydrogen-bond acceptors (Lipinski definition) is 2. The van der Waals surface area contributed by atoms with Crippen molar-refractivity contribution >= 4 is 35.6 Å². The first-order valence-electron chi connectivity index (χ1n) is 6.37. The zero-order valence-electron chi connectivity index (χ0n) is 11.5. The second kappa shape index (κ2) is 7.94. The number of benzene rings is 1. The van der Waals surface area contributed by atoms with Gasteiger partial charge < -0.3 is 9.73 Å². The van der Waals surface area contributed by atoms with Gasteiger partial charge in [-0.15, -0.1) is 12.4 Å². The van der Waals surface area contributed by atoms with Crippen LogP contribution in [0, 0.1) is 0 Å². The molecule has 0 radical (unpaired) electrons. The van der Waals surface area contributed by atoms with Gasteiger partial charge in [-0.1, -0.05) is 30.1 Å². The van der Waals surface area contributed by atoms with E-state index in [4.69, 9.17) is 27.6 Å². The monoisotopic (exact) mass is 333 g/mol. The minimum Gasteiger partial charge on any atom is -0.460 e. The molecule has 1 heterocycles. The highest BCUT2D eigenvalue weighted by molar-refractivity contribution is 6.35. The standard InChI is InChI=1S/C15H17Cl2NO.ClH/c1-3-10(2)18-9-14-4-5-15(19-14)11-6-12(16)8-13(17)7-11;/h4-8,10,18H,3,9H2,1-2H3;1H. The summed E-state index contributed by atoms with van der Waals surface area (Å²) in [4.78, 5) is 0. The van der Waals surface area contributed by atoms with Crippen LogP contribution in [0.25, 0.3) is 11.3 Å². The average Bonchev–Trinajstić information content (AvgIpc) is 2.83. The second-order valence-electron chi connectivity index (χ2n) is 4.61. The van der Waals surface area contributed by atoms with E-state index in [1.54, 1.807) is 6.07 Å². The fourth-order valence-corrected chi connectivity index (χ4v) is 2.27. The number of hydrogen-bond donors (Lipinski definition) is 1. The fraction of sp³-hybridized carbons (Fsp3) is 0.333. The predicted octanol–water partition coefficient (Wildman–Crippen LogP) is 5.56. The van der Waals surface area contributed by atoms with Gasteiger partial charge in [0.2, 0.25) is 0 Å². The Balaban J connectivity index is 0.00000200. The minimum absolute atomic E-state index is 0. The third-order valence-electron chi connectivity index (χ3n) is 3.05. The Labute approximate surface area is 135 Å². The first-order valence-corrected chi connectivity index (χ1v) is 7.12. The molecule has 2 aromatic rings. The van der Waals surface area contributed by atoms with Crippen molar-refractivity contribution in [3.8, 4) is 11.3 Å². The van der Waals surface area contributed by atoms with Crippen LogP contribution in [-0.2, 0) is 6.54 Å². The normalized spacial score (nSPS) is 12.0. The molecule has 0 fully saturated rings. The summed E-state index contributed by atoms with van der Waals surface area (Å²) in [6.07, 6.45) is 1.09. The van der Waals surface area contributed by atoms with Crippen LogP contribution in [0.5, 0.6) is 0 Å². The van der Waals surface area contributed by atoms with Crippen molar-refractivity contribution in [1.82, 2.24) is 5.32 Å². The fourth-order valence-electron chi connectivity index (χ4n) is 1.74. The molecular formula is C15H18Cl3NO. The maximum Gasteiger partial charge on any atom is 0.134 e. The number of furan rings is 1. The first kappa shape index (κ1) is 17.4. The van der Waals surface area contributed by atoms with Gasteiger partial charge in [-0.2, -0.15) is 0 Å². The summed E-state index contributed by atoms with van der Waals surface area (Å²) in [5, 5.41) is 4.61. The SMILES string of the molecule is CCC(C)NCc1ccc(-c2cc(Cl)cc(Cl)c2)o1.Cl. The van der Waals surface area contributed by atoms with Crippen molar-refractivity contribution in [3.05, 3.63) is 46.1 Å². The molecule has 0 saturated carbocycles. The molecule has 1 unspecified atom stereocenters. The molecule has 2 rings (SSSR count). The summed E-state index contributed by atoms with van der Waals surface area (Å²) in [6.45, 7) is 5.03. The van der Waals surface area contributed by atoms with E-state index in [2.05, 4.69) is 19.2 Å². The highest BCUT2D eigenvalue weighted by Crippen LogP contribution is 2.28. The van der Waals surface area contributed by atoms with Crippen molar-refractivity contribution in [2.75, 3.05) is 0 Å². The molecule has 0 bridgehead atoms. The zero-order valence-corrected chi connectivity index (χ0v) is 13.8. The van der Waals surface area contributed by atoms with Crippen molar-refractivity contribution < 1.29 is 4.42 Å². The van der Waals surface area contributed by atoms with Gasteiger partial charge in [-0.25, -0.2) is 0 Å². The van der Waals surface area contributed by atoms with Crippen molar-refractivity contribution in [3.63, 3.8) is 0 Å². The first-order chi connectivity index (χ1) is 9.08. The van der Waals surface area contributed by atoms with Gasteiger partial charge in [0.15, 0.2) is 0 Å². The average molecular weight is 335 g/mol. The predicted molar refractivity (Wildman–Crippen MR) is 88.0 cm³/mol. The Morgan fingerprint density at radius 2 is 1.80 bits per heavy atom. The molecule has 1 aromatic heterocycles. The van der Waals surface area contributed by atoms with Crippen LogP contribution in [0.2, 0.25) is 10.0 Å². The van der Waals surface area contributed by atoms with Crippen LogP contribution in [0.1, 0.15) is 26.0 Å². The lowest BCUT2D eigenvalue weighted by atomic mass is 10.2. The van der Waals surface area contributed by atoms with Gasteiger partial charge in [0.1, 0.15) is 11.5 Å². The van der Waals surface area contributed by atoms with E-state index in [1.807, 2.05) is 24.3 Å². The van der Waals surface area contributed by atoms with Crippen LogP contribution in [0.15, 0.2) is 34.7 Å². The summed E-state index contributed by atoms with van der Waals surface area (Å²) in [5.74, 6) is 1.69. The van der Waals surface area contributed by atoms with Gasteiger partial charge >= 0.3 is 0 Å². The lowest BCUT2D eigenvalue weighted by Gasteiger charge is -2.09. The van der Waals surface area contributed by atoms with Gasteiger partial charge in [-0.3, -0.25) is 0 Å². The van der Waals surface area contributed by atoms with Gasteiger partial charge in [0, 0.05) is 21.7 Å². The summed E-state index contributed by atoms with van der Waals surface area (Å²) < 4.78 is 5.79. The molecule has 0 aliphatic carbocycles. The molecule has 0 amide bonds. The molecule has 0 saturated heterocycles. The van der Waals surface area contributed by atoms with Gasteiger partial charge in [-0.05, 0) is 43.7 Å². The highest BCUT2D eigenvalue weighted by atomic mass is 35.5. The number of halogens is 3. The van der Waals surface area contributed by atoms with Crippen LogP contribution in [-0.4, -0.2) is 6.04 Å². The molecule has 5 heteroatoms. The summed E-state index contributed by atoms with van der Waals surface area (Å²) in [5.41, 5.74) is 0.896. The molecule has 0 spiro atoms. The third-order valence-corrected chi connectivity index (χ3v) is 3.48. The molecule has 1 atom stereocenters. The molecule has 2 nitrogen and oxygen atoms in total. The van der Waals surface area contributed by atoms with Crippen LogP contribution in [0.4, 0.5) is 0 Å². The van der Waals surface area contributed by atoms with Crippen molar-refractivity contribution in [2.24, 2.45) is 0 Å². The summed E-state index contributed by atoms with van der Waals surface area (Å²) in [6, 6.07) is 9.79. The largest absolute Gasteiger partial charge is 0.460 e. The quantitative estimate of drug-likeness (QED) is 0.774. The molecule has 1 aromatic carbocycles. The summed E-state index contributed by atoms with van der Waals surface area (Å²) in [7, 11) is 0. The van der Waals surface area contributed by atoms with E-state index in [9.17, 15) is 0 Å². The van der Waals surface area contributed by atoms with E-state index in [0.29, 0.717) is 16.1 Å². The van der Waals surface area contributed by atoms with E-state index < -0.39 is 0 Å². The highest BCUT2D eigenvalue weighted by Gasteiger charge is 2.07. The Hall–Kier alpha value is -0.670. The Bertz CT molecular complexity index is 534. The maximum absolute atomic E-state index is 5.99. The van der Waals surface area contributed by atoms with Gasteiger partial charge in [0.05, 0.1) is 6.54 Å².